The third-order valence-corrected chi connectivity index (χ3v) is 4.14. The molecule has 2 unspecified atom stereocenters. The van der Waals surface area contributed by atoms with E-state index in [1.54, 1.807) is 48.5 Å². The number of nitrogens with one attached hydrogen (secondary N) is 2. The van der Waals surface area contributed by atoms with Gasteiger partial charge in [0.25, 0.3) is 5.91 Å². The van der Waals surface area contributed by atoms with Crippen LogP contribution in [0.2, 0.25) is 0 Å². The lowest BCUT2D eigenvalue weighted by molar-refractivity contribution is -0.139. The maximum atomic E-state index is 12.4. The molecule has 2 aromatic rings. The highest BCUT2D eigenvalue weighted by Gasteiger charge is 2.39. The fourth-order valence-electron chi connectivity index (χ4n) is 3.03. The molecule has 0 aliphatic carbocycles. The lowest BCUT2D eigenvalue weighted by Crippen LogP contribution is -2.41. The van der Waals surface area contributed by atoms with Crippen LogP contribution in [-0.2, 0) is 9.53 Å². The minimum absolute atomic E-state index is 0.338. The predicted molar refractivity (Wildman–Crippen MR) is 89.5 cm³/mol. The highest BCUT2D eigenvalue weighted by atomic mass is 16.5. The minimum Gasteiger partial charge on any atom is -0.481 e. The molecule has 1 heterocycles. The van der Waals surface area contributed by atoms with Crippen molar-refractivity contribution in [1.82, 2.24) is 5.32 Å². The molecule has 3 N–H and O–H groups in total. The van der Waals surface area contributed by atoms with Crippen LogP contribution < -0.4 is 10.6 Å². The molecule has 0 aromatic heterocycles. The first-order valence-electron chi connectivity index (χ1n) is 7.59. The largest absolute Gasteiger partial charge is 0.481 e. The van der Waals surface area contributed by atoms with Crippen LogP contribution in [0.25, 0.3) is 0 Å². The fraction of sp³-hybridized carbons (Fsp3) is 0.167. The van der Waals surface area contributed by atoms with Gasteiger partial charge >= 0.3 is 12.1 Å². The molecule has 25 heavy (non-hydrogen) atoms. The van der Waals surface area contributed by atoms with Crippen molar-refractivity contribution in [2.24, 2.45) is 0 Å². The van der Waals surface area contributed by atoms with Crippen LogP contribution >= 0.6 is 0 Å². The van der Waals surface area contributed by atoms with E-state index in [9.17, 15) is 19.5 Å². The molecule has 1 aliphatic rings. The molecule has 7 nitrogen and oxygen atoms in total. The van der Waals surface area contributed by atoms with Gasteiger partial charge in [0.05, 0.1) is 13.2 Å². The Balaban J connectivity index is 2.10. The van der Waals surface area contributed by atoms with E-state index in [4.69, 9.17) is 0 Å². The average Bonchev–Trinajstić information content (AvgIpc) is 2.61. The molecule has 0 spiro atoms. The van der Waals surface area contributed by atoms with Gasteiger partial charge in [0, 0.05) is 11.3 Å². The maximum absolute atomic E-state index is 12.4. The molecule has 1 aliphatic heterocycles. The van der Waals surface area contributed by atoms with E-state index >= 15 is 0 Å². The van der Waals surface area contributed by atoms with Crippen LogP contribution in [0.1, 0.15) is 33.4 Å². The highest BCUT2D eigenvalue weighted by Crippen LogP contribution is 2.39. The molecule has 2 atom stereocenters. The molecule has 3 rings (SSSR count). The number of carbonyl (C=O) groups is 3. The number of amides is 2. The zero-order chi connectivity index (χ0) is 18.0. The number of ether oxygens (including phenoxy) is 1. The van der Waals surface area contributed by atoms with Crippen LogP contribution in [0, 0.1) is 0 Å². The molecule has 0 fully saturated rings. The zero-order valence-corrected chi connectivity index (χ0v) is 13.4. The van der Waals surface area contributed by atoms with E-state index in [-0.39, 0.29) is 5.91 Å². The van der Waals surface area contributed by atoms with Gasteiger partial charge in [-0.25, -0.2) is 4.79 Å². The number of anilines is 1. The van der Waals surface area contributed by atoms with Gasteiger partial charge in [-0.2, -0.15) is 0 Å². The van der Waals surface area contributed by atoms with Gasteiger partial charge in [0.1, 0.15) is 5.92 Å². The summed E-state index contributed by atoms with van der Waals surface area (Å²) in [5, 5.41) is 15.0. The Morgan fingerprint density at radius 3 is 2.40 bits per heavy atom. The molecule has 2 amide bonds. The van der Waals surface area contributed by atoms with Gasteiger partial charge in [0.15, 0.2) is 0 Å². The Morgan fingerprint density at radius 1 is 1.08 bits per heavy atom. The highest BCUT2D eigenvalue weighted by molar-refractivity contribution is 6.00. The average molecular weight is 340 g/mol. The third-order valence-electron chi connectivity index (χ3n) is 4.14. The predicted octanol–water partition coefficient (Wildman–Crippen LogP) is 2.52. The van der Waals surface area contributed by atoms with Crippen molar-refractivity contribution in [3.8, 4) is 0 Å². The first-order valence-corrected chi connectivity index (χ1v) is 7.59. The fourth-order valence-corrected chi connectivity index (χ4v) is 3.03. The number of aliphatic carboxylic acids is 1. The zero-order valence-electron chi connectivity index (χ0n) is 13.4. The molecular weight excluding hydrogens is 324 g/mol. The summed E-state index contributed by atoms with van der Waals surface area (Å²) in [6.07, 6.45) is -0.679. The van der Waals surface area contributed by atoms with Crippen LogP contribution in [-0.4, -0.2) is 30.2 Å². The molecule has 2 aromatic carbocycles. The van der Waals surface area contributed by atoms with Gasteiger partial charge in [-0.15, -0.1) is 0 Å². The number of carboxylic acid groups (broad SMARTS) is 1. The van der Waals surface area contributed by atoms with Gasteiger partial charge in [-0.1, -0.05) is 36.4 Å². The summed E-state index contributed by atoms with van der Waals surface area (Å²) >= 11 is 0. The number of carbonyl (C=O) groups excluding carboxylic acids is 2. The number of methoxy groups -OCH3 is 1. The summed E-state index contributed by atoms with van der Waals surface area (Å²) in [7, 11) is 1.23. The van der Waals surface area contributed by atoms with E-state index in [2.05, 4.69) is 15.4 Å². The molecule has 0 bridgehead atoms. The van der Waals surface area contributed by atoms with Crippen molar-refractivity contribution in [3.05, 3.63) is 65.2 Å². The van der Waals surface area contributed by atoms with Crippen LogP contribution in [0.4, 0.5) is 10.5 Å². The second kappa shape index (κ2) is 6.64. The Bertz CT molecular complexity index is 849. The van der Waals surface area contributed by atoms with E-state index < -0.39 is 24.0 Å². The Morgan fingerprint density at radius 2 is 1.72 bits per heavy atom. The first-order chi connectivity index (χ1) is 12.0. The molecular formula is C18H16N2O5. The summed E-state index contributed by atoms with van der Waals surface area (Å²) in [5.74, 6) is -2.40. The van der Waals surface area contributed by atoms with E-state index in [1.165, 1.54) is 7.11 Å². The minimum atomic E-state index is -1.06. The molecule has 0 radical (unpaired) electrons. The number of hydrogen-bond donors (Lipinski definition) is 3. The van der Waals surface area contributed by atoms with Crippen molar-refractivity contribution >= 4 is 23.7 Å². The lowest BCUT2D eigenvalue weighted by atomic mass is 9.81. The van der Waals surface area contributed by atoms with Crippen molar-refractivity contribution in [2.75, 3.05) is 12.4 Å². The standard InChI is InChI=1S/C18H16N2O5/c1-25-18(24)19-13-9-5-4-8-12(13)15-14(17(22)23)10-6-2-3-7-11(10)16(21)20-15/h2-9,14-15H,1H3,(H,19,24)(H,20,21)(H,22,23). The summed E-state index contributed by atoms with van der Waals surface area (Å²) in [6, 6.07) is 12.5. The van der Waals surface area contributed by atoms with E-state index in [0.29, 0.717) is 22.4 Å². The number of hydrogen-bond acceptors (Lipinski definition) is 4. The Labute approximate surface area is 143 Å². The van der Waals surface area contributed by atoms with Crippen LogP contribution in [0.3, 0.4) is 0 Å². The second-order valence-electron chi connectivity index (χ2n) is 5.56. The normalized spacial score (nSPS) is 18.7. The van der Waals surface area contributed by atoms with Crippen molar-refractivity contribution in [1.29, 1.82) is 0 Å². The number of benzene rings is 2. The monoisotopic (exact) mass is 340 g/mol. The first kappa shape index (κ1) is 16.5. The number of rotatable bonds is 3. The van der Waals surface area contributed by atoms with E-state index in [1.807, 2.05) is 0 Å². The maximum Gasteiger partial charge on any atom is 0.411 e. The van der Waals surface area contributed by atoms with Gasteiger partial charge in [-0.05, 0) is 23.3 Å². The van der Waals surface area contributed by atoms with E-state index in [0.717, 1.165) is 0 Å². The number of para-hydroxylation sites is 1. The third kappa shape index (κ3) is 3.03. The Kier molecular flexibility index (Phi) is 4.38. The summed E-state index contributed by atoms with van der Waals surface area (Å²) < 4.78 is 4.59. The molecule has 0 saturated carbocycles. The van der Waals surface area contributed by atoms with Crippen molar-refractivity contribution in [2.45, 2.75) is 12.0 Å². The SMILES string of the molecule is COC(=O)Nc1ccccc1C1NC(=O)c2ccccc2C1C(=O)O. The topological polar surface area (TPSA) is 105 Å². The Hall–Kier alpha value is -3.35. The van der Waals surface area contributed by atoms with Crippen molar-refractivity contribution < 1.29 is 24.2 Å². The molecule has 7 heteroatoms. The quantitative estimate of drug-likeness (QED) is 0.796. The number of fused-ring (bicyclic) bond motifs is 1. The lowest BCUT2D eigenvalue weighted by Gasteiger charge is -2.32. The van der Waals surface area contributed by atoms with Crippen molar-refractivity contribution in [3.63, 3.8) is 0 Å². The summed E-state index contributed by atoms with van der Waals surface area (Å²) in [5.41, 5.74) is 1.65. The molecule has 128 valence electrons. The van der Waals surface area contributed by atoms with Gasteiger partial charge < -0.3 is 15.2 Å². The smallest absolute Gasteiger partial charge is 0.411 e. The van der Waals surface area contributed by atoms with Crippen LogP contribution in [0.15, 0.2) is 48.5 Å². The second-order valence-corrected chi connectivity index (χ2v) is 5.56. The molecule has 0 saturated heterocycles. The summed E-state index contributed by atoms with van der Waals surface area (Å²) in [6.45, 7) is 0. The van der Waals surface area contributed by atoms with Gasteiger partial charge in [-0.3, -0.25) is 14.9 Å². The van der Waals surface area contributed by atoms with Gasteiger partial charge in [0.2, 0.25) is 0 Å². The van der Waals surface area contributed by atoms with Crippen LogP contribution in [0.5, 0.6) is 0 Å². The number of carboxylic acids is 1. The summed E-state index contributed by atoms with van der Waals surface area (Å²) in [4.78, 5) is 35.9.